The fourth-order valence-corrected chi connectivity index (χ4v) is 6.54. The topological polar surface area (TPSA) is 88.1 Å². The summed E-state index contributed by atoms with van der Waals surface area (Å²) in [6.45, 7) is 4.10. The highest BCUT2D eigenvalue weighted by atomic mass is 32.1. The van der Waals surface area contributed by atoms with Gasteiger partial charge in [-0.3, -0.25) is 9.69 Å². The summed E-state index contributed by atoms with van der Waals surface area (Å²) >= 11 is 1.74. The van der Waals surface area contributed by atoms with Crippen molar-refractivity contribution in [1.82, 2.24) is 9.88 Å². The number of fused-ring (bicyclic) bond motifs is 2. The Morgan fingerprint density at radius 3 is 2.33 bits per heavy atom. The molecular weight excluding hydrogens is 621 g/mol. The molecule has 1 amide bonds. The second kappa shape index (κ2) is 16.6. The van der Waals surface area contributed by atoms with Crippen LogP contribution in [0, 0.1) is 0 Å². The number of nitrogens with zero attached hydrogens (tertiary/aromatic N) is 1. The molecule has 1 unspecified atom stereocenters. The van der Waals surface area contributed by atoms with Crippen LogP contribution in [-0.4, -0.2) is 48.9 Å². The third-order valence-corrected chi connectivity index (χ3v) is 9.15. The third kappa shape index (κ3) is 9.24. The summed E-state index contributed by atoms with van der Waals surface area (Å²) in [5.41, 5.74) is 3.86. The average Bonchev–Trinajstić information content (AvgIpc) is 3.60. The molecule has 9 heteroatoms. The Balaban J connectivity index is 1.06. The maximum Gasteiger partial charge on any atom is 0.414 e. The number of carbonyl (C=O) groups excluding carboxylic acids is 1. The minimum absolute atomic E-state index is 0.131. The lowest BCUT2D eigenvalue weighted by Gasteiger charge is -2.25. The van der Waals surface area contributed by atoms with Crippen molar-refractivity contribution in [2.24, 2.45) is 0 Å². The molecule has 0 saturated carbocycles. The van der Waals surface area contributed by atoms with Crippen LogP contribution in [0.3, 0.4) is 0 Å². The molecule has 1 atom stereocenters. The maximum atomic E-state index is 13.5. The number of thiophene rings is 1. The Morgan fingerprint density at radius 1 is 0.812 bits per heavy atom. The molecule has 0 aliphatic heterocycles. The number of anilines is 1. The molecule has 0 aliphatic rings. The summed E-state index contributed by atoms with van der Waals surface area (Å²) in [7, 11) is 0. The molecule has 0 bridgehead atoms. The molecule has 0 radical (unpaired) electrons. The van der Waals surface area contributed by atoms with Crippen LogP contribution in [0.15, 0.2) is 125 Å². The van der Waals surface area contributed by atoms with Crippen LogP contribution in [0.4, 0.5) is 10.5 Å². The summed E-state index contributed by atoms with van der Waals surface area (Å²) in [5.74, 6) is 0.728. The number of pyridine rings is 1. The van der Waals surface area contributed by atoms with Crippen molar-refractivity contribution >= 4 is 44.1 Å². The minimum atomic E-state index is -0.325. The molecule has 0 fully saturated rings. The van der Waals surface area contributed by atoms with Gasteiger partial charge in [-0.25, -0.2) is 4.79 Å². The highest BCUT2D eigenvalue weighted by Crippen LogP contribution is 2.27. The summed E-state index contributed by atoms with van der Waals surface area (Å²) in [6, 6.07) is 37.6. The first kappa shape index (κ1) is 32.8. The van der Waals surface area contributed by atoms with Crippen molar-refractivity contribution in [1.29, 1.82) is 0 Å². The lowest BCUT2D eigenvalue weighted by Crippen LogP contribution is -3.13. The zero-order valence-electron chi connectivity index (χ0n) is 26.9. The van der Waals surface area contributed by atoms with Crippen molar-refractivity contribution in [3.8, 4) is 5.75 Å². The molecule has 2 aromatic heterocycles. The van der Waals surface area contributed by atoms with Crippen molar-refractivity contribution in [2.45, 2.75) is 25.9 Å². The maximum absolute atomic E-state index is 13.5. The first-order valence-corrected chi connectivity index (χ1v) is 17.3. The van der Waals surface area contributed by atoms with E-state index in [1.165, 1.54) is 21.1 Å². The van der Waals surface area contributed by atoms with Crippen molar-refractivity contribution in [3.63, 3.8) is 0 Å². The largest absolute Gasteiger partial charge is 0.494 e. The average molecular weight is 662 g/mol. The van der Waals surface area contributed by atoms with Gasteiger partial charge in [-0.15, -0.1) is 11.3 Å². The number of rotatable bonds is 16. The lowest BCUT2D eigenvalue weighted by atomic mass is 10.2. The summed E-state index contributed by atoms with van der Waals surface area (Å²) in [5, 5.41) is 7.91. The number of carbonyl (C=O) groups is 1. The molecule has 6 aromatic rings. The Morgan fingerprint density at radius 2 is 1.56 bits per heavy atom. The van der Waals surface area contributed by atoms with E-state index in [-0.39, 0.29) is 18.4 Å². The number of aromatic amines is 1. The highest BCUT2D eigenvalue weighted by molar-refractivity contribution is 7.17. The van der Waals surface area contributed by atoms with Crippen LogP contribution in [0.1, 0.15) is 24.0 Å². The van der Waals surface area contributed by atoms with Crippen LogP contribution < -0.4 is 20.5 Å². The number of amides is 1. The van der Waals surface area contributed by atoms with E-state index in [0.29, 0.717) is 19.7 Å². The van der Waals surface area contributed by atoms with Crippen LogP contribution >= 0.6 is 11.3 Å². The van der Waals surface area contributed by atoms with Crippen molar-refractivity contribution < 1.29 is 19.2 Å². The van der Waals surface area contributed by atoms with Gasteiger partial charge < -0.3 is 24.7 Å². The van der Waals surface area contributed by atoms with Crippen LogP contribution in [-0.2, 0) is 17.8 Å². The second-order valence-corrected chi connectivity index (χ2v) is 12.8. The SMILES string of the molecule is O=C(OC[NH+](CCCCOc1ccc2ccc(=O)[nH]c2c1)CCNc1cccc2sccc12)N(Cc1ccccc1)Cc1ccccc1. The van der Waals surface area contributed by atoms with Gasteiger partial charge in [0.2, 0.25) is 12.3 Å². The Hall–Kier alpha value is -5.12. The summed E-state index contributed by atoms with van der Waals surface area (Å²) < 4.78 is 13.3. The molecule has 3 N–H and O–H groups in total. The smallest absolute Gasteiger partial charge is 0.414 e. The lowest BCUT2D eigenvalue weighted by molar-refractivity contribution is -0.916. The number of benzene rings is 4. The first-order chi connectivity index (χ1) is 23.6. The third-order valence-electron chi connectivity index (χ3n) is 8.27. The van der Waals surface area contributed by atoms with E-state index in [2.05, 4.69) is 39.9 Å². The number of nitrogens with one attached hydrogen (secondary N) is 3. The molecule has 4 aromatic carbocycles. The molecule has 0 aliphatic carbocycles. The molecular formula is C39H41N4O4S+. The van der Waals surface area contributed by atoms with Crippen LogP contribution in [0.2, 0.25) is 0 Å². The standard InChI is InChI=1S/C39H40N4O4S/c44-38-19-17-32-16-18-33(26-36(32)41-38)46-24-8-7-22-42(23-21-40-35-14-9-15-37-34(35)20-25-48-37)29-47-39(45)43(27-30-10-3-1-4-11-30)28-31-12-5-2-6-13-31/h1-6,9-20,25-26,40H,7-8,21-24,27-29H2,(H,41,44)/p+1. The predicted molar refractivity (Wildman–Crippen MR) is 194 cm³/mol. The van der Waals surface area contributed by atoms with E-state index >= 15 is 0 Å². The number of H-pyrrole nitrogens is 1. The highest BCUT2D eigenvalue weighted by Gasteiger charge is 2.19. The van der Waals surface area contributed by atoms with Gasteiger partial charge in [-0.1, -0.05) is 66.7 Å². The van der Waals surface area contributed by atoms with E-state index in [1.54, 1.807) is 22.3 Å². The monoisotopic (exact) mass is 661 g/mol. The molecule has 48 heavy (non-hydrogen) atoms. The van der Waals surface area contributed by atoms with E-state index in [0.717, 1.165) is 65.9 Å². The number of unbranched alkanes of at least 4 members (excludes halogenated alkanes) is 1. The van der Waals surface area contributed by atoms with Crippen LogP contribution in [0.25, 0.3) is 21.0 Å². The summed E-state index contributed by atoms with van der Waals surface area (Å²) in [6.07, 6.45) is 1.42. The number of quaternary nitrogens is 1. The molecule has 0 saturated heterocycles. The van der Waals surface area contributed by atoms with Crippen molar-refractivity contribution in [3.05, 3.63) is 142 Å². The fourth-order valence-electron chi connectivity index (χ4n) is 5.72. The number of hydrogen-bond donors (Lipinski definition) is 3. The predicted octanol–water partition coefficient (Wildman–Crippen LogP) is 6.70. The Kier molecular flexibility index (Phi) is 11.4. The zero-order valence-corrected chi connectivity index (χ0v) is 27.7. The van der Waals surface area contributed by atoms with E-state index in [1.807, 2.05) is 78.9 Å². The van der Waals surface area contributed by atoms with Gasteiger partial charge in [0.05, 0.1) is 31.8 Å². The molecule has 8 nitrogen and oxygen atoms in total. The van der Waals surface area contributed by atoms with Gasteiger partial charge in [0, 0.05) is 41.0 Å². The van der Waals surface area contributed by atoms with Gasteiger partial charge in [0.15, 0.2) is 0 Å². The molecule has 0 spiro atoms. The van der Waals surface area contributed by atoms with E-state index in [9.17, 15) is 9.59 Å². The number of ether oxygens (including phenoxy) is 2. The fraction of sp³-hybridized carbons (Fsp3) is 0.231. The van der Waals surface area contributed by atoms with Crippen molar-refractivity contribution in [2.75, 3.05) is 38.3 Å². The molecule has 6 rings (SSSR count). The van der Waals surface area contributed by atoms with Gasteiger partial charge in [-0.05, 0) is 71.1 Å². The molecule has 2 heterocycles. The first-order valence-electron chi connectivity index (χ1n) is 16.4. The van der Waals surface area contributed by atoms with Gasteiger partial charge in [0.25, 0.3) is 0 Å². The van der Waals surface area contributed by atoms with Gasteiger partial charge in [-0.2, -0.15) is 0 Å². The molecule has 246 valence electrons. The summed E-state index contributed by atoms with van der Waals surface area (Å²) in [4.78, 5) is 31.1. The van der Waals surface area contributed by atoms with Gasteiger partial charge in [0.1, 0.15) is 5.75 Å². The minimum Gasteiger partial charge on any atom is -0.494 e. The second-order valence-electron chi connectivity index (χ2n) is 11.8. The normalized spacial score (nSPS) is 11.8. The van der Waals surface area contributed by atoms with E-state index in [4.69, 9.17) is 9.47 Å². The number of hydrogen-bond acceptors (Lipinski definition) is 6. The Bertz CT molecular complexity index is 1920. The number of aromatic nitrogens is 1. The Labute approximate surface area is 284 Å². The zero-order chi connectivity index (χ0) is 33.0. The van der Waals surface area contributed by atoms with Gasteiger partial charge >= 0.3 is 6.09 Å². The van der Waals surface area contributed by atoms with E-state index < -0.39 is 0 Å². The quantitative estimate of drug-likeness (QED) is 0.0795. The van der Waals surface area contributed by atoms with Crippen LogP contribution in [0.5, 0.6) is 5.75 Å².